The number of hydrogen-bond donors (Lipinski definition) is 1. The molecule has 1 aromatic carbocycles. The van der Waals surface area contributed by atoms with E-state index in [0.29, 0.717) is 22.8 Å². The Balaban J connectivity index is 2.53. The van der Waals surface area contributed by atoms with Gasteiger partial charge in [0.15, 0.2) is 11.5 Å². The lowest BCUT2D eigenvalue weighted by Gasteiger charge is -2.32. The highest BCUT2D eigenvalue weighted by Crippen LogP contribution is 2.45. The van der Waals surface area contributed by atoms with Crippen molar-refractivity contribution in [1.29, 1.82) is 0 Å². The minimum absolute atomic E-state index is 0.178. The van der Waals surface area contributed by atoms with Crippen LogP contribution in [0.1, 0.15) is 45.5 Å². The molecule has 1 N–H and O–H groups in total. The normalized spacial score (nSPS) is 19.1. The second kappa shape index (κ2) is 7.36. The number of aliphatic carboxylic acids is 1. The number of carbonyl (C=O) groups is 1. The first-order valence-electron chi connectivity index (χ1n) is 8.43. The van der Waals surface area contributed by atoms with Crippen LogP contribution in [0.15, 0.2) is 12.1 Å². The Morgan fingerprint density at radius 3 is 1.88 bits per heavy atom. The number of ether oxygens (including phenoxy) is 3. The first-order chi connectivity index (χ1) is 12.1. The van der Waals surface area contributed by atoms with Gasteiger partial charge in [0.2, 0.25) is 0 Å². The van der Waals surface area contributed by atoms with Gasteiger partial charge in [-0.2, -0.15) is 0 Å². The Labute approximate surface area is 154 Å². The maximum Gasteiger partial charge on any atom is 0.466 e. The molecule has 0 bridgehead atoms. The van der Waals surface area contributed by atoms with Crippen molar-refractivity contribution in [1.82, 2.24) is 0 Å². The summed E-state index contributed by atoms with van der Waals surface area (Å²) in [5, 5.41) is 9.45. The first kappa shape index (κ1) is 20.4. The second-order valence-corrected chi connectivity index (χ2v) is 7.28. The molecule has 1 aromatic rings. The zero-order chi connectivity index (χ0) is 19.7. The molecule has 7 nitrogen and oxygen atoms in total. The minimum Gasteiger partial charge on any atom is -0.496 e. The van der Waals surface area contributed by atoms with Gasteiger partial charge in [-0.25, -0.2) is 0 Å². The number of rotatable bonds is 7. The molecule has 0 radical (unpaired) electrons. The largest absolute Gasteiger partial charge is 0.496 e. The number of benzene rings is 1. The summed E-state index contributed by atoms with van der Waals surface area (Å²) < 4.78 is 28.3. The van der Waals surface area contributed by atoms with Gasteiger partial charge in [0.05, 0.1) is 39.0 Å². The van der Waals surface area contributed by atoms with Crippen LogP contribution < -0.4 is 14.2 Å². The molecular formula is C18H27BO7. The molecule has 0 saturated carbocycles. The van der Waals surface area contributed by atoms with Gasteiger partial charge in [0.1, 0.15) is 5.75 Å². The molecule has 144 valence electrons. The van der Waals surface area contributed by atoms with Crippen LogP contribution in [0.5, 0.6) is 17.2 Å². The summed E-state index contributed by atoms with van der Waals surface area (Å²) in [4.78, 5) is 11.5. The minimum atomic E-state index is -0.957. The summed E-state index contributed by atoms with van der Waals surface area (Å²) >= 11 is 0. The third kappa shape index (κ3) is 3.76. The highest BCUT2D eigenvalue weighted by molar-refractivity contribution is 6.48. The van der Waals surface area contributed by atoms with Crippen LogP contribution in [0.3, 0.4) is 0 Å². The zero-order valence-corrected chi connectivity index (χ0v) is 16.4. The molecule has 0 spiro atoms. The first-order valence-corrected chi connectivity index (χ1v) is 8.43. The van der Waals surface area contributed by atoms with Crippen molar-refractivity contribution >= 4 is 13.1 Å². The fourth-order valence-electron chi connectivity index (χ4n) is 2.94. The summed E-state index contributed by atoms with van der Waals surface area (Å²) in [5.41, 5.74) is -0.512. The van der Waals surface area contributed by atoms with Gasteiger partial charge < -0.3 is 28.6 Å². The average Bonchev–Trinajstić information content (AvgIpc) is 2.78. The smallest absolute Gasteiger partial charge is 0.466 e. The number of carboxylic acids is 1. The summed E-state index contributed by atoms with van der Waals surface area (Å²) in [6, 6.07) is 3.39. The van der Waals surface area contributed by atoms with Gasteiger partial charge in [0.25, 0.3) is 0 Å². The van der Waals surface area contributed by atoms with E-state index in [9.17, 15) is 9.90 Å². The fourth-order valence-corrected chi connectivity index (χ4v) is 2.94. The highest BCUT2D eigenvalue weighted by atomic mass is 16.7. The molecule has 1 fully saturated rings. The fraction of sp³-hybridized carbons (Fsp3) is 0.611. The van der Waals surface area contributed by atoms with Gasteiger partial charge in [-0.15, -0.1) is 0 Å². The quantitative estimate of drug-likeness (QED) is 0.743. The second-order valence-electron chi connectivity index (χ2n) is 7.28. The van der Waals surface area contributed by atoms with E-state index in [1.165, 1.54) is 21.3 Å². The van der Waals surface area contributed by atoms with Crippen LogP contribution >= 0.6 is 0 Å². The summed E-state index contributed by atoms with van der Waals surface area (Å²) in [6.45, 7) is 7.71. The van der Waals surface area contributed by atoms with Crippen LogP contribution in [0.25, 0.3) is 0 Å². The van der Waals surface area contributed by atoms with Crippen molar-refractivity contribution in [2.45, 2.75) is 51.1 Å². The number of methoxy groups -OCH3 is 3. The molecule has 0 aromatic heterocycles. The molecule has 1 aliphatic rings. The van der Waals surface area contributed by atoms with Crippen LogP contribution in [0.4, 0.5) is 0 Å². The van der Waals surface area contributed by atoms with E-state index in [1.807, 2.05) is 27.7 Å². The molecular weight excluding hydrogens is 339 g/mol. The lowest BCUT2D eigenvalue weighted by atomic mass is 9.66. The van der Waals surface area contributed by atoms with Gasteiger partial charge in [-0.3, -0.25) is 4.79 Å². The molecule has 1 unspecified atom stereocenters. The van der Waals surface area contributed by atoms with E-state index in [2.05, 4.69) is 0 Å². The SMILES string of the molecule is COc1cc(OC)c(C(CC(=O)O)B2OC(C)(C)C(C)(C)O2)cc1OC. The van der Waals surface area contributed by atoms with E-state index in [-0.39, 0.29) is 6.42 Å². The number of hydrogen-bond acceptors (Lipinski definition) is 6. The van der Waals surface area contributed by atoms with Crippen molar-refractivity contribution < 1.29 is 33.4 Å². The lowest BCUT2D eigenvalue weighted by molar-refractivity contribution is -0.137. The van der Waals surface area contributed by atoms with Crippen molar-refractivity contribution in [2.24, 2.45) is 0 Å². The van der Waals surface area contributed by atoms with Crippen molar-refractivity contribution in [2.75, 3.05) is 21.3 Å². The molecule has 1 atom stereocenters. The van der Waals surface area contributed by atoms with Gasteiger partial charge in [-0.05, 0) is 39.3 Å². The van der Waals surface area contributed by atoms with E-state index < -0.39 is 30.1 Å². The molecule has 1 heterocycles. The highest BCUT2D eigenvalue weighted by Gasteiger charge is 2.54. The third-order valence-corrected chi connectivity index (χ3v) is 5.13. The Kier molecular flexibility index (Phi) is 5.77. The zero-order valence-electron chi connectivity index (χ0n) is 16.4. The van der Waals surface area contributed by atoms with Gasteiger partial charge in [-0.1, -0.05) is 0 Å². The molecule has 2 rings (SSSR count). The maximum absolute atomic E-state index is 11.5. The van der Waals surface area contributed by atoms with Crippen molar-refractivity contribution in [3.8, 4) is 17.2 Å². The average molecular weight is 366 g/mol. The lowest BCUT2D eigenvalue weighted by Crippen LogP contribution is -2.41. The van der Waals surface area contributed by atoms with E-state index in [4.69, 9.17) is 23.5 Å². The van der Waals surface area contributed by atoms with Crippen LogP contribution in [0.2, 0.25) is 0 Å². The van der Waals surface area contributed by atoms with Crippen molar-refractivity contribution in [3.63, 3.8) is 0 Å². The Morgan fingerprint density at radius 2 is 1.46 bits per heavy atom. The molecule has 1 aliphatic heterocycles. The molecule has 0 amide bonds. The molecule has 1 saturated heterocycles. The standard InChI is InChI=1S/C18H27BO7/c1-17(2)18(3,4)26-19(25-17)12(9-16(20)21)11-8-14(23-6)15(24-7)10-13(11)22-5/h8,10,12H,9H2,1-7H3,(H,20,21). The maximum atomic E-state index is 11.5. The van der Waals surface area contributed by atoms with E-state index in [0.717, 1.165) is 0 Å². The summed E-state index contributed by atoms with van der Waals surface area (Å²) in [5.74, 6) is -0.0697. The van der Waals surface area contributed by atoms with Crippen LogP contribution in [-0.2, 0) is 14.1 Å². The summed E-state index contributed by atoms with van der Waals surface area (Å²) in [7, 11) is 3.84. The Hall–Kier alpha value is -1.93. The molecule has 26 heavy (non-hydrogen) atoms. The number of carboxylic acid groups (broad SMARTS) is 1. The predicted octanol–water partition coefficient (Wildman–Crippen LogP) is 2.90. The van der Waals surface area contributed by atoms with Gasteiger partial charge in [0, 0.05) is 11.9 Å². The van der Waals surface area contributed by atoms with E-state index in [1.54, 1.807) is 12.1 Å². The molecule has 0 aliphatic carbocycles. The monoisotopic (exact) mass is 366 g/mol. The Morgan fingerprint density at radius 1 is 1.00 bits per heavy atom. The van der Waals surface area contributed by atoms with Gasteiger partial charge >= 0.3 is 13.1 Å². The van der Waals surface area contributed by atoms with E-state index >= 15 is 0 Å². The Bertz CT molecular complexity index is 656. The summed E-state index contributed by atoms with van der Waals surface area (Å²) in [6.07, 6.45) is -0.178. The van der Waals surface area contributed by atoms with Crippen LogP contribution in [-0.4, -0.2) is 50.7 Å². The van der Waals surface area contributed by atoms with Crippen LogP contribution in [0, 0.1) is 0 Å². The molecule has 8 heteroatoms. The third-order valence-electron chi connectivity index (χ3n) is 5.13. The predicted molar refractivity (Wildman–Crippen MR) is 97.2 cm³/mol. The van der Waals surface area contributed by atoms with Crippen molar-refractivity contribution in [3.05, 3.63) is 17.7 Å². The topological polar surface area (TPSA) is 83.5 Å².